The number of nitro benzene ring substituents is 1. The van der Waals surface area contributed by atoms with Gasteiger partial charge in [0.2, 0.25) is 5.82 Å². The topological polar surface area (TPSA) is 43.1 Å². The summed E-state index contributed by atoms with van der Waals surface area (Å²) in [5.74, 6) is -1.28. The highest BCUT2D eigenvalue weighted by Crippen LogP contribution is 2.36. The lowest BCUT2D eigenvalue weighted by Crippen LogP contribution is -1.94. The molecule has 2 rings (SSSR count). The minimum atomic E-state index is -0.882. The number of nitrogens with zero attached hydrogens (tertiary/aromatic N) is 1. The van der Waals surface area contributed by atoms with Gasteiger partial charge >= 0.3 is 5.69 Å². The second kappa shape index (κ2) is 5.14. The van der Waals surface area contributed by atoms with Gasteiger partial charge in [-0.3, -0.25) is 10.1 Å². The van der Waals surface area contributed by atoms with E-state index in [-0.39, 0.29) is 4.90 Å². The Morgan fingerprint density at radius 2 is 1.72 bits per heavy atom. The molecule has 0 atom stereocenters. The Kier molecular flexibility index (Phi) is 3.57. The van der Waals surface area contributed by atoms with E-state index < -0.39 is 22.2 Å². The number of halogens is 2. The molecule has 0 heterocycles. The van der Waals surface area contributed by atoms with Gasteiger partial charge in [0.1, 0.15) is 5.82 Å². The molecule has 92 valence electrons. The van der Waals surface area contributed by atoms with Gasteiger partial charge in [0.15, 0.2) is 0 Å². The van der Waals surface area contributed by atoms with E-state index in [4.69, 9.17) is 0 Å². The van der Waals surface area contributed by atoms with Crippen LogP contribution in [0.5, 0.6) is 0 Å². The third-order valence-corrected chi connectivity index (χ3v) is 3.23. The van der Waals surface area contributed by atoms with Crippen LogP contribution in [-0.2, 0) is 0 Å². The molecule has 0 aromatic heterocycles. The summed E-state index contributed by atoms with van der Waals surface area (Å²) in [5, 5.41) is 10.8. The van der Waals surface area contributed by atoms with Gasteiger partial charge in [0.25, 0.3) is 0 Å². The molecular formula is C12H7F2NO2S. The molecule has 0 spiro atoms. The molecule has 0 bridgehead atoms. The van der Waals surface area contributed by atoms with Crippen LogP contribution in [0.2, 0.25) is 0 Å². The Morgan fingerprint density at radius 1 is 1.06 bits per heavy atom. The van der Waals surface area contributed by atoms with Crippen LogP contribution in [0.1, 0.15) is 0 Å². The minimum Gasteiger partial charge on any atom is -0.258 e. The number of benzene rings is 2. The fourth-order valence-corrected chi connectivity index (χ4v) is 2.33. The molecule has 6 heteroatoms. The zero-order valence-electron chi connectivity index (χ0n) is 8.97. The first-order valence-electron chi connectivity index (χ1n) is 4.94. The van der Waals surface area contributed by atoms with Crippen molar-refractivity contribution in [3.8, 4) is 0 Å². The fraction of sp³-hybridized carbons (Fsp3) is 0. The van der Waals surface area contributed by atoms with Crippen molar-refractivity contribution in [1.82, 2.24) is 0 Å². The predicted octanol–water partition coefficient (Wildman–Crippen LogP) is 4.02. The second-order valence-corrected chi connectivity index (χ2v) is 4.52. The number of hydrogen-bond acceptors (Lipinski definition) is 3. The lowest BCUT2D eigenvalue weighted by atomic mass is 10.3. The van der Waals surface area contributed by atoms with E-state index >= 15 is 0 Å². The molecular weight excluding hydrogens is 260 g/mol. The maximum Gasteiger partial charge on any atom is 0.318 e. The summed E-state index contributed by atoms with van der Waals surface area (Å²) < 4.78 is 26.1. The maximum atomic E-state index is 13.4. The van der Waals surface area contributed by atoms with Crippen molar-refractivity contribution in [2.45, 2.75) is 9.79 Å². The van der Waals surface area contributed by atoms with Crippen LogP contribution in [0.3, 0.4) is 0 Å². The Labute approximate surface area is 106 Å². The van der Waals surface area contributed by atoms with E-state index in [1.807, 2.05) is 0 Å². The largest absolute Gasteiger partial charge is 0.318 e. The summed E-state index contributed by atoms with van der Waals surface area (Å²) in [5.41, 5.74) is -0.563. The van der Waals surface area contributed by atoms with Crippen molar-refractivity contribution < 1.29 is 13.7 Å². The molecule has 0 aliphatic heterocycles. The fourth-order valence-electron chi connectivity index (χ4n) is 1.38. The zero-order chi connectivity index (χ0) is 13.1. The average Bonchev–Trinajstić information content (AvgIpc) is 2.32. The van der Waals surface area contributed by atoms with E-state index in [9.17, 15) is 18.9 Å². The van der Waals surface area contributed by atoms with Crippen molar-refractivity contribution in [3.05, 3.63) is 64.2 Å². The lowest BCUT2D eigenvalue weighted by molar-refractivity contribution is -0.390. The van der Waals surface area contributed by atoms with Gasteiger partial charge in [-0.15, -0.1) is 0 Å². The molecule has 2 aromatic rings. The monoisotopic (exact) mass is 267 g/mol. The zero-order valence-corrected chi connectivity index (χ0v) is 9.79. The van der Waals surface area contributed by atoms with Crippen LogP contribution in [0.15, 0.2) is 52.3 Å². The van der Waals surface area contributed by atoms with Crippen LogP contribution in [0, 0.1) is 21.7 Å². The molecule has 0 aliphatic carbocycles. The summed E-state index contributed by atoms with van der Waals surface area (Å²) in [7, 11) is 0. The van der Waals surface area contributed by atoms with Crippen LogP contribution in [0.4, 0.5) is 14.5 Å². The van der Waals surface area contributed by atoms with Crippen molar-refractivity contribution >= 4 is 17.4 Å². The van der Waals surface area contributed by atoms with Crippen LogP contribution >= 0.6 is 11.8 Å². The lowest BCUT2D eigenvalue weighted by Gasteiger charge is -2.03. The van der Waals surface area contributed by atoms with Gasteiger partial charge in [0.05, 0.1) is 9.82 Å². The molecule has 0 saturated carbocycles. The second-order valence-electron chi connectivity index (χ2n) is 3.40. The van der Waals surface area contributed by atoms with E-state index in [1.54, 1.807) is 0 Å². The molecule has 0 amide bonds. The first-order valence-corrected chi connectivity index (χ1v) is 5.76. The highest BCUT2D eigenvalue weighted by atomic mass is 32.2. The first kappa shape index (κ1) is 12.5. The Bertz CT molecular complexity index is 587. The molecule has 0 aliphatic rings. The Hall–Kier alpha value is -1.95. The molecule has 0 unspecified atom stereocenters. The van der Waals surface area contributed by atoms with Crippen molar-refractivity contribution in [1.29, 1.82) is 0 Å². The molecule has 0 fully saturated rings. The van der Waals surface area contributed by atoms with Crippen LogP contribution < -0.4 is 0 Å². The van der Waals surface area contributed by atoms with Crippen LogP contribution in [-0.4, -0.2) is 4.92 Å². The predicted molar refractivity (Wildman–Crippen MR) is 63.6 cm³/mol. The quantitative estimate of drug-likeness (QED) is 0.623. The van der Waals surface area contributed by atoms with Gasteiger partial charge in [-0.1, -0.05) is 17.8 Å². The van der Waals surface area contributed by atoms with Gasteiger partial charge in [-0.25, -0.2) is 4.39 Å². The molecule has 2 aromatic carbocycles. The summed E-state index contributed by atoms with van der Waals surface area (Å²) in [6.07, 6.45) is 0. The maximum absolute atomic E-state index is 13.4. The molecule has 0 saturated heterocycles. The summed E-state index contributed by atoms with van der Waals surface area (Å²) >= 11 is 1.02. The first-order chi connectivity index (χ1) is 8.58. The summed E-state index contributed by atoms with van der Waals surface area (Å²) in [6.45, 7) is 0. The number of rotatable bonds is 3. The highest BCUT2D eigenvalue weighted by molar-refractivity contribution is 7.99. The average molecular weight is 267 g/mol. The smallest absolute Gasteiger partial charge is 0.258 e. The molecule has 0 radical (unpaired) electrons. The van der Waals surface area contributed by atoms with Crippen molar-refractivity contribution in [3.63, 3.8) is 0 Å². The standard InChI is InChI=1S/C12H7F2NO2S/c13-8-4-6-9(7-5-8)18-11-3-1-2-10(14)12(11)15(16)17/h1-7H. The van der Waals surface area contributed by atoms with Gasteiger partial charge in [0, 0.05) is 4.90 Å². The van der Waals surface area contributed by atoms with E-state index in [1.165, 1.54) is 36.4 Å². The van der Waals surface area contributed by atoms with Gasteiger partial charge in [-0.2, -0.15) is 4.39 Å². The number of hydrogen-bond donors (Lipinski definition) is 0. The van der Waals surface area contributed by atoms with Crippen molar-refractivity contribution in [2.24, 2.45) is 0 Å². The Balaban J connectivity index is 2.37. The van der Waals surface area contributed by atoms with Crippen LogP contribution in [0.25, 0.3) is 0 Å². The minimum absolute atomic E-state index is 0.187. The van der Waals surface area contributed by atoms with E-state index in [0.717, 1.165) is 17.8 Å². The van der Waals surface area contributed by atoms with Gasteiger partial charge < -0.3 is 0 Å². The van der Waals surface area contributed by atoms with E-state index in [2.05, 4.69) is 0 Å². The van der Waals surface area contributed by atoms with E-state index in [0.29, 0.717) is 4.90 Å². The third-order valence-electron chi connectivity index (χ3n) is 2.17. The number of para-hydroxylation sites is 1. The SMILES string of the molecule is O=[N+]([O-])c1c(F)cccc1Sc1ccc(F)cc1. The summed E-state index contributed by atoms with van der Waals surface area (Å²) in [6, 6.07) is 9.33. The molecule has 3 nitrogen and oxygen atoms in total. The molecule has 0 N–H and O–H groups in total. The third kappa shape index (κ3) is 2.65. The normalized spacial score (nSPS) is 10.3. The number of nitro groups is 1. The highest BCUT2D eigenvalue weighted by Gasteiger charge is 2.20. The van der Waals surface area contributed by atoms with Crippen molar-refractivity contribution in [2.75, 3.05) is 0 Å². The summed E-state index contributed by atoms with van der Waals surface area (Å²) in [4.78, 5) is 10.8. The Morgan fingerprint density at radius 3 is 2.33 bits per heavy atom. The van der Waals surface area contributed by atoms with Gasteiger partial charge in [-0.05, 0) is 36.4 Å². The molecule has 18 heavy (non-hydrogen) atoms.